The standard InChI is InChI=1S/C12H18N2O/c1-9(15-2)6-14-7-10-3-4-12(13)5-11(10)8-14/h3-5,9H,6-8,13H2,1-2H3. The number of hydrogen-bond acceptors (Lipinski definition) is 3. The summed E-state index contributed by atoms with van der Waals surface area (Å²) in [6.07, 6.45) is 0.289. The fourth-order valence-corrected chi connectivity index (χ4v) is 2.05. The molecule has 0 fully saturated rings. The van der Waals surface area contributed by atoms with E-state index in [1.807, 2.05) is 6.07 Å². The normalized spacial score (nSPS) is 17.7. The van der Waals surface area contributed by atoms with Gasteiger partial charge in [-0.2, -0.15) is 0 Å². The quantitative estimate of drug-likeness (QED) is 0.764. The van der Waals surface area contributed by atoms with Crippen LogP contribution in [0.3, 0.4) is 0 Å². The van der Waals surface area contributed by atoms with Crippen LogP contribution >= 0.6 is 0 Å². The van der Waals surface area contributed by atoms with Gasteiger partial charge in [-0.1, -0.05) is 6.07 Å². The Labute approximate surface area is 90.8 Å². The van der Waals surface area contributed by atoms with E-state index in [9.17, 15) is 0 Å². The summed E-state index contributed by atoms with van der Waals surface area (Å²) < 4.78 is 5.27. The van der Waals surface area contributed by atoms with E-state index < -0.39 is 0 Å². The minimum atomic E-state index is 0.289. The summed E-state index contributed by atoms with van der Waals surface area (Å²) in [5.41, 5.74) is 9.37. The second kappa shape index (κ2) is 4.21. The van der Waals surface area contributed by atoms with Gasteiger partial charge in [0.25, 0.3) is 0 Å². The first-order valence-corrected chi connectivity index (χ1v) is 5.31. The molecule has 3 nitrogen and oxygen atoms in total. The maximum atomic E-state index is 5.76. The highest BCUT2D eigenvalue weighted by molar-refractivity contribution is 5.46. The minimum absolute atomic E-state index is 0.289. The minimum Gasteiger partial charge on any atom is -0.399 e. The van der Waals surface area contributed by atoms with Crippen LogP contribution < -0.4 is 5.73 Å². The summed E-state index contributed by atoms with van der Waals surface area (Å²) in [6, 6.07) is 6.18. The van der Waals surface area contributed by atoms with Gasteiger partial charge >= 0.3 is 0 Å². The van der Waals surface area contributed by atoms with E-state index in [1.165, 1.54) is 11.1 Å². The van der Waals surface area contributed by atoms with Crippen LogP contribution in [-0.2, 0) is 17.8 Å². The molecule has 0 amide bonds. The van der Waals surface area contributed by atoms with Crippen molar-refractivity contribution in [2.75, 3.05) is 19.4 Å². The van der Waals surface area contributed by atoms with Crippen LogP contribution in [0.15, 0.2) is 18.2 Å². The molecule has 0 saturated heterocycles. The van der Waals surface area contributed by atoms with Crippen molar-refractivity contribution in [1.29, 1.82) is 0 Å². The Bertz CT molecular complexity index is 351. The monoisotopic (exact) mass is 206 g/mol. The molecule has 15 heavy (non-hydrogen) atoms. The van der Waals surface area contributed by atoms with Gasteiger partial charge in [-0.15, -0.1) is 0 Å². The van der Waals surface area contributed by atoms with E-state index in [1.54, 1.807) is 7.11 Å². The predicted molar refractivity (Wildman–Crippen MR) is 61.4 cm³/mol. The van der Waals surface area contributed by atoms with Crippen molar-refractivity contribution < 1.29 is 4.74 Å². The Morgan fingerprint density at radius 2 is 2.13 bits per heavy atom. The molecule has 0 saturated carbocycles. The SMILES string of the molecule is COC(C)CN1Cc2ccc(N)cc2C1. The molecule has 0 spiro atoms. The summed E-state index contributed by atoms with van der Waals surface area (Å²) in [7, 11) is 1.76. The van der Waals surface area contributed by atoms with Crippen molar-refractivity contribution in [3.63, 3.8) is 0 Å². The summed E-state index contributed by atoms with van der Waals surface area (Å²) >= 11 is 0. The number of methoxy groups -OCH3 is 1. The van der Waals surface area contributed by atoms with Crippen LogP contribution in [0.25, 0.3) is 0 Å². The van der Waals surface area contributed by atoms with Gasteiger partial charge in [-0.3, -0.25) is 4.90 Å². The lowest BCUT2D eigenvalue weighted by Gasteiger charge is -2.18. The van der Waals surface area contributed by atoms with Crippen LogP contribution in [-0.4, -0.2) is 24.7 Å². The first-order valence-electron chi connectivity index (χ1n) is 5.31. The zero-order valence-corrected chi connectivity index (χ0v) is 9.36. The van der Waals surface area contributed by atoms with Gasteiger partial charge in [-0.05, 0) is 30.2 Å². The number of fused-ring (bicyclic) bond motifs is 1. The Morgan fingerprint density at radius 1 is 1.40 bits per heavy atom. The lowest BCUT2D eigenvalue weighted by atomic mass is 10.1. The average molecular weight is 206 g/mol. The van der Waals surface area contributed by atoms with Crippen molar-refractivity contribution in [3.8, 4) is 0 Å². The lowest BCUT2D eigenvalue weighted by molar-refractivity contribution is 0.0761. The molecule has 1 aromatic carbocycles. The molecule has 1 unspecified atom stereocenters. The molecule has 1 aliphatic heterocycles. The number of rotatable bonds is 3. The van der Waals surface area contributed by atoms with Gasteiger partial charge in [-0.25, -0.2) is 0 Å². The second-order valence-electron chi connectivity index (χ2n) is 4.24. The fourth-order valence-electron chi connectivity index (χ4n) is 2.05. The predicted octanol–water partition coefficient (Wildman–Crippen LogP) is 1.62. The van der Waals surface area contributed by atoms with E-state index >= 15 is 0 Å². The highest BCUT2D eigenvalue weighted by Gasteiger charge is 2.20. The maximum Gasteiger partial charge on any atom is 0.0670 e. The smallest absolute Gasteiger partial charge is 0.0670 e. The summed E-state index contributed by atoms with van der Waals surface area (Å²) in [4.78, 5) is 2.39. The Balaban J connectivity index is 2.03. The van der Waals surface area contributed by atoms with Gasteiger partial charge in [0.1, 0.15) is 0 Å². The van der Waals surface area contributed by atoms with Gasteiger partial charge in [0.2, 0.25) is 0 Å². The molecule has 0 aromatic heterocycles. The van der Waals surface area contributed by atoms with Crippen LogP contribution in [0.1, 0.15) is 18.1 Å². The number of nitrogen functional groups attached to an aromatic ring is 1. The van der Waals surface area contributed by atoms with E-state index in [-0.39, 0.29) is 6.10 Å². The molecular weight excluding hydrogens is 188 g/mol. The van der Waals surface area contributed by atoms with E-state index in [4.69, 9.17) is 10.5 Å². The van der Waals surface area contributed by atoms with E-state index in [0.29, 0.717) is 0 Å². The van der Waals surface area contributed by atoms with Crippen molar-refractivity contribution >= 4 is 5.69 Å². The number of hydrogen-bond donors (Lipinski definition) is 1. The van der Waals surface area contributed by atoms with Gasteiger partial charge in [0.15, 0.2) is 0 Å². The zero-order valence-electron chi connectivity index (χ0n) is 9.36. The van der Waals surface area contributed by atoms with Gasteiger partial charge < -0.3 is 10.5 Å². The molecule has 3 heteroatoms. The second-order valence-corrected chi connectivity index (χ2v) is 4.24. The third-order valence-corrected chi connectivity index (χ3v) is 2.94. The highest BCUT2D eigenvalue weighted by atomic mass is 16.5. The average Bonchev–Trinajstić information content (AvgIpc) is 2.59. The van der Waals surface area contributed by atoms with Crippen LogP contribution in [0.2, 0.25) is 0 Å². The lowest BCUT2D eigenvalue weighted by Crippen LogP contribution is -2.27. The fraction of sp³-hybridized carbons (Fsp3) is 0.500. The van der Waals surface area contributed by atoms with Crippen LogP contribution in [0, 0.1) is 0 Å². The molecule has 2 N–H and O–H groups in total. The summed E-state index contributed by atoms with van der Waals surface area (Å²) in [5, 5.41) is 0. The first-order chi connectivity index (χ1) is 7.19. The third kappa shape index (κ3) is 2.30. The molecule has 0 aliphatic carbocycles. The molecule has 0 radical (unpaired) electrons. The third-order valence-electron chi connectivity index (χ3n) is 2.94. The number of anilines is 1. The zero-order chi connectivity index (χ0) is 10.8. The highest BCUT2D eigenvalue weighted by Crippen LogP contribution is 2.24. The van der Waals surface area contributed by atoms with E-state index in [0.717, 1.165) is 25.3 Å². The number of nitrogens with zero attached hydrogens (tertiary/aromatic N) is 1. The van der Waals surface area contributed by atoms with Crippen molar-refractivity contribution in [2.24, 2.45) is 0 Å². The van der Waals surface area contributed by atoms with Gasteiger partial charge in [0, 0.05) is 32.4 Å². The van der Waals surface area contributed by atoms with Gasteiger partial charge in [0.05, 0.1) is 6.10 Å². The Morgan fingerprint density at radius 3 is 2.87 bits per heavy atom. The van der Waals surface area contributed by atoms with Crippen LogP contribution in [0.4, 0.5) is 5.69 Å². The molecular formula is C12H18N2O. The van der Waals surface area contributed by atoms with E-state index in [2.05, 4.69) is 24.0 Å². The molecule has 82 valence electrons. The number of nitrogens with two attached hydrogens (primary N) is 1. The molecule has 1 aromatic rings. The van der Waals surface area contributed by atoms with Crippen LogP contribution in [0.5, 0.6) is 0 Å². The molecule has 1 atom stereocenters. The number of benzene rings is 1. The molecule has 2 rings (SSSR count). The Kier molecular flexibility index (Phi) is 2.93. The van der Waals surface area contributed by atoms with Crippen molar-refractivity contribution in [3.05, 3.63) is 29.3 Å². The largest absolute Gasteiger partial charge is 0.399 e. The number of ether oxygens (including phenoxy) is 1. The van der Waals surface area contributed by atoms with Crippen molar-refractivity contribution in [1.82, 2.24) is 4.90 Å². The topological polar surface area (TPSA) is 38.5 Å². The molecule has 1 aliphatic rings. The first kappa shape index (κ1) is 10.5. The molecule has 0 bridgehead atoms. The summed E-state index contributed by atoms with van der Waals surface area (Å²) in [6.45, 7) is 5.08. The maximum absolute atomic E-state index is 5.76. The summed E-state index contributed by atoms with van der Waals surface area (Å²) in [5.74, 6) is 0. The molecule has 1 heterocycles. The van der Waals surface area contributed by atoms with Crippen molar-refractivity contribution in [2.45, 2.75) is 26.1 Å². The Hall–Kier alpha value is -1.06.